The summed E-state index contributed by atoms with van der Waals surface area (Å²) in [5.41, 5.74) is 22.2. The van der Waals surface area contributed by atoms with E-state index in [4.69, 9.17) is 4.12 Å². The minimum Gasteiger partial charge on any atom is -0.455 e. The van der Waals surface area contributed by atoms with Crippen molar-refractivity contribution >= 4 is 16.6 Å². The van der Waals surface area contributed by atoms with E-state index in [1.165, 1.54) is 89.0 Å². The molecule has 354 valence electrons. The van der Waals surface area contributed by atoms with Crippen LogP contribution in [0.1, 0.15) is 113 Å². The molecule has 7 aromatic carbocycles. The predicted octanol–water partition coefficient (Wildman–Crippen LogP) is 18.1. The van der Waals surface area contributed by atoms with Crippen LogP contribution in [0.4, 0.5) is 0 Å². The maximum atomic E-state index is 6.82. The smallest absolute Gasteiger partial charge is 0.177 e. The first-order valence-corrected chi connectivity index (χ1v) is 30.6. The lowest BCUT2D eigenvalue weighted by atomic mass is 9.76. The summed E-state index contributed by atoms with van der Waals surface area (Å²) in [5, 5.41) is 0. The molecule has 0 aromatic heterocycles. The van der Waals surface area contributed by atoms with E-state index in [1.54, 1.807) is 0 Å². The first-order valence-electron chi connectivity index (χ1n) is 24.4. The molecule has 0 unspecified atom stereocenters. The van der Waals surface area contributed by atoms with Gasteiger partial charge in [0.1, 0.15) is 0 Å². The lowest BCUT2D eigenvalue weighted by Gasteiger charge is -2.35. The highest BCUT2D eigenvalue weighted by molar-refractivity contribution is 6.84. The summed E-state index contributed by atoms with van der Waals surface area (Å²) in [4.78, 5) is 0. The second-order valence-corrected chi connectivity index (χ2v) is 30.5. The number of rotatable bonds is 9. The van der Waals surface area contributed by atoms with Crippen LogP contribution in [-0.2, 0) is 27.0 Å². The van der Waals surface area contributed by atoms with Gasteiger partial charge in [-0.25, -0.2) is 0 Å². The van der Waals surface area contributed by atoms with Gasteiger partial charge in [0.15, 0.2) is 16.6 Å². The average molecular weight is 926 g/mol. The average Bonchev–Trinajstić information content (AvgIpc) is 3.25. The van der Waals surface area contributed by atoms with Crippen molar-refractivity contribution in [2.75, 3.05) is 0 Å². The van der Waals surface area contributed by atoms with Crippen LogP contribution in [0.25, 0.3) is 11.1 Å². The van der Waals surface area contributed by atoms with Crippen LogP contribution in [0.5, 0.6) is 0 Å². The van der Waals surface area contributed by atoms with Crippen LogP contribution in [0.15, 0.2) is 158 Å². The lowest BCUT2D eigenvalue weighted by molar-refractivity contribution is 0.537. The number of benzene rings is 7. The highest BCUT2D eigenvalue weighted by Crippen LogP contribution is 2.33. The van der Waals surface area contributed by atoms with Crippen molar-refractivity contribution in [2.45, 2.75) is 146 Å². The van der Waals surface area contributed by atoms with Gasteiger partial charge in [-0.1, -0.05) is 209 Å². The molecule has 0 saturated carbocycles. The molecule has 0 fully saturated rings. The Morgan fingerprint density at radius 2 is 0.657 bits per heavy atom. The zero-order valence-corrected chi connectivity index (χ0v) is 46.8. The molecule has 0 bridgehead atoms. The van der Waals surface area contributed by atoms with E-state index >= 15 is 0 Å². The Morgan fingerprint density at radius 3 is 0.970 bits per heavy atom. The Bertz CT molecular complexity index is 2470. The summed E-state index contributed by atoms with van der Waals surface area (Å²) in [6.07, 6.45) is 0. The van der Waals surface area contributed by atoms with E-state index in [9.17, 15) is 0 Å². The molecule has 7 rings (SSSR count). The van der Waals surface area contributed by atoms with Crippen molar-refractivity contribution in [1.29, 1.82) is 0 Å². The SMILES string of the molecule is Cc1ccc(-c2ccc(C)cc2)cc1.Cc1ccc(C(C)(C)C)cc1.Cc1ccc(C(C)(C)c2ccc(C)c(C)c2)cc1C.Cc1ccccc1C[Si](C)(C)O[Si](C)(C)Cc1ccccc1C. The first kappa shape index (κ1) is 54.5. The Balaban J connectivity index is 0.000000202. The fourth-order valence-corrected chi connectivity index (χ4v) is 17.5. The predicted molar refractivity (Wildman–Crippen MR) is 301 cm³/mol. The van der Waals surface area contributed by atoms with Gasteiger partial charge < -0.3 is 4.12 Å². The minimum atomic E-state index is -1.72. The number of aryl methyl sites for hydroxylation is 9. The summed E-state index contributed by atoms with van der Waals surface area (Å²) in [6, 6.07) is 59.3. The van der Waals surface area contributed by atoms with Crippen LogP contribution in [-0.4, -0.2) is 16.6 Å². The zero-order chi connectivity index (χ0) is 49.7. The van der Waals surface area contributed by atoms with Gasteiger partial charge in [0, 0.05) is 5.41 Å². The van der Waals surface area contributed by atoms with Gasteiger partial charge in [-0.3, -0.25) is 0 Å². The van der Waals surface area contributed by atoms with Crippen molar-refractivity contribution in [3.8, 4) is 11.1 Å². The second-order valence-electron chi connectivity index (χ2n) is 21.9. The maximum absolute atomic E-state index is 6.82. The van der Waals surface area contributed by atoms with Crippen LogP contribution >= 0.6 is 0 Å². The number of hydrogen-bond donors (Lipinski definition) is 0. The van der Waals surface area contributed by atoms with E-state index in [-0.39, 0.29) is 10.8 Å². The fourth-order valence-electron chi connectivity index (χ4n) is 8.33. The molecule has 67 heavy (non-hydrogen) atoms. The largest absolute Gasteiger partial charge is 0.455 e. The van der Waals surface area contributed by atoms with Crippen molar-refractivity contribution in [1.82, 2.24) is 0 Å². The molecule has 0 radical (unpaired) electrons. The highest BCUT2D eigenvalue weighted by Gasteiger charge is 2.34. The molecule has 0 aliphatic rings. The Kier molecular flexibility index (Phi) is 19.4. The molecular formula is C64H84OSi2. The van der Waals surface area contributed by atoms with Gasteiger partial charge in [-0.2, -0.15) is 0 Å². The van der Waals surface area contributed by atoms with Gasteiger partial charge >= 0.3 is 0 Å². The zero-order valence-electron chi connectivity index (χ0n) is 44.8. The minimum absolute atomic E-state index is 0.0525. The third-order valence-electron chi connectivity index (χ3n) is 13.1. The monoisotopic (exact) mass is 925 g/mol. The lowest BCUT2D eigenvalue weighted by Crippen LogP contribution is -2.47. The molecule has 7 aromatic rings. The third-order valence-corrected chi connectivity index (χ3v) is 20.0. The molecule has 0 aliphatic carbocycles. The van der Waals surface area contributed by atoms with E-state index < -0.39 is 16.6 Å². The fraction of sp³-hybridized carbons (Fsp3) is 0.344. The molecule has 0 aliphatic heterocycles. The van der Waals surface area contributed by atoms with E-state index in [0.717, 1.165) is 12.1 Å². The molecule has 0 N–H and O–H groups in total. The highest BCUT2D eigenvalue weighted by atomic mass is 28.4. The molecule has 0 spiro atoms. The van der Waals surface area contributed by atoms with Crippen molar-refractivity contribution in [2.24, 2.45) is 0 Å². The summed E-state index contributed by atoms with van der Waals surface area (Å²) >= 11 is 0. The van der Waals surface area contributed by atoms with Crippen molar-refractivity contribution in [3.63, 3.8) is 0 Å². The second kappa shape index (κ2) is 23.8. The molecule has 0 atom stereocenters. The molecule has 1 nitrogen and oxygen atoms in total. The number of hydrogen-bond acceptors (Lipinski definition) is 1. The Hall–Kier alpha value is -5.07. The van der Waals surface area contributed by atoms with Gasteiger partial charge in [0.05, 0.1) is 0 Å². The van der Waals surface area contributed by atoms with Gasteiger partial charge in [0.25, 0.3) is 0 Å². The Labute approximate surface area is 411 Å². The van der Waals surface area contributed by atoms with Crippen molar-refractivity contribution in [3.05, 3.63) is 236 Å². The quantitative estimate of drug-likeness (QED) is 0.131. The van der Waals surface area contributed by atoms with Crippen LogP contribution in [0, 0.1) is 62.3 Å². The van der Waals surface area contributed by atoms with E-state index in [0.29, 0.717) is 0 Å². The molecule has 3 heteroatoms. The summed E-state index contributed by atoms with van der Waals surface area (Å²) < 4.78 is 6.82. The van der Waals surface area contributed by atoms with Gasteiger partial charge in [0.2, 0.25) is 0 Å². The van der Waals surface area contributed by atoms with Gasteiger partial charge in [-0.15, -0.1) is 0 Å². The first-order chi connectivity index (χ1) is 31.3. The van der Waals surface area contributed by atoms with Crippen LogP contribution in [0.3, 0.4) is 0 Å². The maximum Gasteiger partial charge on any atom is 0.177 e. The molecule has 0 heterocycles. The third kappa shape index (κ3) is 17.2. The van der Waals surface area contributed by atoms with Crippen LogP contribution in [0.2, 0.25) is 26.2 Å². The summed E-state index contributed by atoms with van der Waals surface area (Å²) in [7, 11) is -3.44. The Morgan fingerprint density at radius 1 is 0.343 bits per heavy atom. The van der Waals surface area contributed by atoms with Gasteiger partial charge in [-0.05, 0) is 178 Å². The topological polar surface area (TPSA) is 9.23 Å². The standard InChI is InChI=1S/C20H30OSi2.C19H24.C14H14.C11H16/c1-17-11-7-9-13-19(17)15-22(3,4)21-23(5,6)16-20-14-10-8-12-18(20)2;1-13-7-9-17(11-15(13)3)19(5,6)18-10-8-14(2)16(4)12-18;1-11-3-7-13(8-4-11)14-9-5-12(2)6-10-14;1-9-5-7-10(8-6-9)11(2,3)4/h7-14H,15-16H2,1-6H3;7-12H,1-6H3;3-10H,1-2H3;5-8H,1-4H3. The van der Waals surface area contributed by atoms with Crippen molar-refractivity contribution < 1.29 is 4.12 Å². The normalized spacial score (nSPS) is 11.6. The van der Waals surface area contributed by atoms with E-state index in [1.807, 2.05) is 0 Å². The van der Waals surface area contributed by atoms with Crippen LogP contribution < -0.4 is 0 Å². The summed E-state index contributed by atoms with van der Waals surface area (Å²) in [5.74, 6) is 0. The van der Waals surface area contributed by atoms with E-state index in [2.05, 4.69) is 281 Å². The molecular weight excluding hydrogens is 841 g/mol. The molecule has 0 amide bonds. The molecule has 0 saturated heterocycles. The summed E-state index contributed by atoms with van der Waals surface area (Å²) in [6.45, 7) is 40.2.